The summed E-state index contributed by atoms with van der Waals surface area (Å²) in [5.74, 6) is -0.951. The molecule has 1 N–H and O–H groups in total. The number of ether oxygens (including phenoxy) is 1. The molecule has 1 atom stereocenters. The SMILES string of the molecule is COCCN(C)C(=O)c1ccccc1C1C(C(=O)C(C)C)=C(O)C(=O)N1c1ccc(-c2ccc(C)o2)cc1. The van der Waals surface area contributed by atoms with E-state index in [4.69, 9.17) is 9.15 Å². The number of aliphatic hydroxyl groups is 1. The molecule has 0 fully saturated rings. The number of ketones is 1. The summed E-state index contributed by atoms with van der Waals surface area (Å²) in [6.45, 7) is 6.00. The van der Waals surface area contributed by atoms with E-state index >= 15 is 0 Å². The number of nitrogens with zero attached hydrogens (tertiary/aromatic N) is 2. The second kappa shape index (κ2) is 11.1. The molecule has 38 heavy (non-hydrogen) atoms. The first-order valence-corrected chi connectivity index (χ1v) is 12.5. The van der Waals surface area contributed by atoms with Crippen LogP contribution in [0.25, 0.3) is 11.3 Å². The molecule has 4 rings (SSSR count). The average Bonchev–Trinajstić information content (AvgIpc) is 3.47. The smallest absolute Gasteiger partial charge is 0.294 e. The molecule has 8 heteroatoms. The van der Waals surface area contributed by atoms with Gasteiger partial charge in [0.15, 0.2) is 11.5 Å². The van der Waals surface area contributed by atoms with Crippen LogP contribution in [0.15, 0.2) is 76.4 Å². The number of amides is 2. The monoisotopic (exact) mass is 516 g/mol. The Morgan fingerprint density at radius 1 is 1.08 bits per heavy atom. The highest BCUT2D eigenvalue weighted by Gasteiger charge is 2.46. The number of carbonyl (C=O) groups is 3. The van der Waals surface area contributed by atoms with Gasteiger partial charge in [-0.1, -0.05) is 32.0 Å². The van der Waals surface area contributed by atoms with Gasteiger partial charge in [-0.3, -0.25) is 19.3 Å². The lowest BCUT2D eigenvalue weighted by Crippen LogP contribution is -2.35. The highest BCUT2D eigenvalue weighted by Crippen LogP contribution is 2.43. The number of furan rings is 1. The highest BCUT2D eigenvalue weighted by molar-refractivity contribution is 6.17. The first-order chi connectivity index (χ1) is 18.1. The Bertz CT molecular complexity index is 1390. The van der Waals surface area contributed by atoms with Gasteiger partial charge in [-0.2, -0.15) is 0 Å². The Morgan fingerprint density at radius 2 is 1.76 bits per heavy atom. The summed E-state index contributed by atoms with van der Waals surface area (Å²) in [4.78, 5) is 43.2. The van der Waals surface area contributed by atoms with Crippen molar-refractivity contribution in [1.82, 2.24) is 4.90 Å². The Kier molecular flexibility index (Phi) is 7.83. The number of Topliss-reactive ketones (excluding diaryl/α,β-unsaturated/α-hetero) is 1. The summed E-state index contributed by atoms with van der Waals surface area (Å²) in [6.07, 6.45) is 0. The summed E-state index contributed by atoms with van der Waals surface area (Å²) in [7, 11) is 3.22. The van der Waals surface area contributed by atoms with Crippen molar-refractivity contribution in [2.75, 3.05) is 32.2 Å². The fourth-order valence-electron chi connectivity index (χ4n) is 4.57. The van der Waals surface area contributed by atoms with Crippen LogP contribution in [0.3, 0.4) is 0 Å². The maximum atomic E-state index is 13.5. The third kappa shape index (κ3) is 4.99. The maximum Gasteiger partial charge on any atom is 0.294 e. The minimum absolute atomic E-state index is 0.0180. The predicted molar refractivity (Wildman–Crippen MR) is 144 cm³/mol. The van der Waals surface area contributed by atoms with Crippen molar-refractivity contribution in [3.63, 3.8) is 0 Å². The summed E-state index contributed by atoms with van der Waals surface area (Å²) < 4.78 is 10.8. The van der Waals surface area contributed by atoms with Crippen LogP contribution in [-0.2, 0) is 14.3 Å². The largest absolute Gasteiger partial charge is 0.503 e. The zero-order valence-corrected chi connectivity index (χ0v) is 22.2. The van der Waals surface area contributed by atoms with Gasteiger partial charge in [0.25, 0.3) is 11.8 Å². The zero-order chi connectivity index (χ0) is 27.6. The molecule has 0 radical (unpaired) electrons. The lowest BCUT2D eigenvalue weighted by Gasteiger charge is -2.29. The summed E-state index contributed by atoms with van der Waals surface area (Å²) in [5.41, 5.74) is 2.06. The summed E-state index contributed by atoms with van der Waals surface area (Å²) in [5, 5.41) is 11.0. The fourth-order valence-corrected chi connectivity index (χ4v) is 4.57. The molecular weight excluding hydrogens is 484 g/mol. The van der Waals surface area contributed by atoms with Gasteiger partial charge in [-0.05, 0) is 55.0 Å². The van der Waals surface area contributed by atoms with Gasteiger partial charge in [0, 0.05) is 43.4 Å². The van der Waals surface area contributed by atoms with Crippen LogP contribution in [0.2, 0.25) is 0 Å². The van der Waals surface area contributed by atoms with Gasteiger partial charge in [0.05, 0.1) is 18.2 Å². The van der Waals surface area contributed by atoms with Crippen molar-refractivity contribution >= 4 is 23.3 Å². The summed E-state index contributed by atoms with van der Waals surface area (Å²) >= 11 is 0. The van der Waals surface area contributed by atoms with Crippen LogP contribution in [0.4, 0.5) is 5.69 Å². The molecule has 2 heterocycles. The molecule has 2 aromatic carbocycles. The maximum absolute atomic E-state index is 13.5. The lowest BCUT2D eigenvalue weighted by atomic mass is 9.88. The van der Waals surface area contributed by atoms with E-state index < -0.39 is 23.6 Å². The van der Waals surface area contributed by atoms with Crippen molar-refractivity contribution in [1.29, 1.82) is 0 Å². The number of rotatable bonds is 9. The van der Waals surface area contributed by atoms with E-state index in [-0.39, 0.29) is 17.3 Å². The molecule has 0 saturated heterocycles. The van der Waals surface area contributed by atoms with Gasteiger partial charge in [-0.15, -0.1) is 0 Å². The predicted octanol–water partition coefficient (Wildman–Crippen LogP) is 5.10. The topological polar surface area (TPSA) is 100 Å². The first-order valence-electron chi connectivity index (χ1n) is 12.5. The van der Waals surface area contributed by atoms with Crippen molar-refractivity contribution in [2.24, 2.45) is 5.92 Å². The van der Waals surface area contributed by atoms with Gasteiger partial charge < -0.3 is 19.2 Å². The number of hydrogen-bond acceptors (Lipinski definition) is 6. The van der Waals surface area contributed by atoms with Crippen LogP contribution < -0.4 is 4.90 Å². The Balaban J connectivity index is 1.83. The second-order valence-electron chi connectivity index (χ2n) is 9.62. The molecule has 198 valence electrons. The van der Waals surface area contributed by atoms with Gasteiger partial charge in [0.2, 0.25) is 0 Å². The van der Waals surface area contributed by atoms with Crippen molar-refractivity contribution in [3.05, 3.63) is 88.9 Å². The fraction of sp³-hybridized carbons (Fsp3) is 0.300. The van der Waals surface area contributed by atoms with Crippen LogP contribution in [0.1, 0.15) is 41.6 Å². The normalized spacial score (nSPS) is 15.5. The minimum Gasteiger partial charge on any atom is -0.503 e. The van der Waals surface area contributed by atoms with E-state index in [2.05, 4.69) is 0 Å². The van der Waals surface area contributed by atoms with Gasteiger partial charge >= 0.3 is 0 Å². The van der Waals surface area contributed by atoms with E-state index in [1.165, 1.54) is 9.80 Å². The Labute approximate surface area is 222 Å². The van der Waals surface area contributed by atoms with Gasteiger partial charge in [0.1, 0.15) is 11.5 Å². The molecule has 0 bridgehead atoms. The van der Waals surface area contributed by atoms with E-state index in [0.717, 1.165) is 11.3 Å². The molecule has 3 aromatic rings. The zero-order valence-electron chi connectivity index (χ0n) is 22.2. The summed E-state index contributed by atoms with van der Waals surface area (Å²) in [6, 6.07) is 16.7. The molecule has 0 saturated carbocycles. The van der Waals surface area contributed by atoms with Crippen molar-refractivity contribution < 1.29 is 28.6 Å². The number of aliphatic hydroxyl groups excluding tert-OH is 1. The third-order valence-corrected chi connectivity index (χ3v) is 6.63. The van der Waals surface area contributed by atoms with Crippen LogP contribution in [0.5, 0.6) is 0 Å². The van der Waals surface area contributed by atoms with Crippen LogP contribution in [0, 0.1) is 12.8 Å². The molecule has 1 aromatic heterocycles. The molecule has 1 unspecified atom stereocenters. The molecule has 2 amide bonds. The van der Waals surface area contributed by atoms with E-state index in [0.29, 0.717) is 35.7 Å². The van der Waals surface area contributed by atoms with Crippen molar-refractivity contribution in [3.8, 4) is 11.3 Å². The number of likely N-dealkylation sites (N-methyl/N-ethyl adjacent to an activating group) is 1. The third-order valence-electron chi connectivity index (χ3n) is 6.63. The Morgan fingerprint density at radius 3 is 2.37 bits per heavy atom. The lowest BCUT2D eigenvalue weighted by molar-refractivity contribution is -0.119. The van der Waals surface area contributed by atoms with E-state index in [9.17, 15) is 19.5 Å². The molecule has 0 aliphatic carbocycles. The average molecular weight is 517 g/mol. The standard InChI is InChI=1S/C30H32N2O6/c1-18(2)27(33)25-26(22-8-6-7-9-23(22)29(35)31(4)16-17-37-5)32(30(36)28(25)34)21-13-11-20(12-14-21)24-15-10-19(3)38-24/h6-15,18,26,34H,16-17H2,1-5H3. The minimum atomic E-state index is -0.981. The quantitative estimate of drug-likeness (QED) is 0.425. The van der Waals surface area contributed by atoms with Crippen molar-refractivity contribution in [2.45, 2.75) is 26.8 Å². The number of benzene rings is 2. The highest BCUT2D eigenvalue weighted by atomic mass is 16.5. The molecule has 0 spiro atoms. The number of carbonyl (C=O) groups excluding carboxylic acids is 3. The van der Waals surface area contributed by atoms with E-state index in [1.807, 2.05) is 31.2 Å². The van der Waals surface area contributed by atoms with Crippen LogP contribution >= 0.6 is 0 Å². The number of aryl methyl sites for hydroxylation is 1. The Hall–Kier alpha value is -4.17. The molecular formula is C30H32N2O6. The van der Waals surface area contributed by atoms with E-state index in [1.54, 1.807) is 64.4 Å². The molecule has 1 aliphatic rings. The first kappa shape index (κ1) is 26.9. The van der Waals surface area contributed by atoms with Crippen LogP contribution in [-0.4, -0.2) is 54.9 Å². The number of methoxy groups -OCH3 is 1. The number of hydrogen-bond donors (Lipinski definition) is 1. The second-order valence-corrected chi connectivity index (χ2v) is 9.62. The molecule has 1 aliphatic heterocycles. The number of anilines is 1. The molecule has 8 nitrogen and oxygen atoms in total. The van der Waals surface area contributed by atoms with Gasteiger partial charge in [-0.25, -0.2) is 0 Å².